The van der Waals surface area contributed by atoms with E-state index in [1.807, 2.05) is 0 Å². The normalized spacial score (nSPS) is 18.9. The topological polar surface area (TPSA) is 29.5 Å². The highest BCUT2D eigenvalue weighted by Gasteiger charge is 2.26. The molecule has 1 atom stereocenters. The van der Waals surface area contributed by atoms with Gasteiger partial charge in [-0.1, -0.05) is 12.1 Å². The van der Waals surface area contributed by atoms with Crippen LogP contribution in [-0.2, 0) is 0 Å². The van der Waals surface area contributed by atoms with Gasteiger partial charge in [-0.05, 0) is 12.1 Å². The van der Waals surface area contributed by atoms with Crippen LogP contribution in [0.2, 0.25) is 0 Å². The van der Waals surface area contributed by atoms with Crippen LogP contribution in [0.4, 0.5) is 8.78 Å². The number of hydrogen-bond acceptors (Lipinski definition) is 2. The van der Waals surface area contributed by atoms with Crippen LogP contribution in [-0.4, -0.2) is 11.7 Å². The molecule has 88 valence electrons. The van der Waals surface area contributed by atoms with E-state index >= 15 is 0 Å². The standard InChI is InChI=1S/C13H10F2O2/c14-9-3-1-2-7-8(9)6-10(15)12-11(16)4-5-17-13(7)12/h1-3,6,11,16H,4-5H2/t11-/m1/s1. The molecule has 0 radical (unpaired) electrons. The van der Waals surface area contributed by atoms with E-state index in [4.69, 9.17) is 4.74 Å². The first kappa shape index (κ1) is 10.5. The third-order valence-corrected chi connectivity index (χ3v) is 3.04. The molecule has 4 heteroatoms. The summed E-state index contributed by atoms with van der Waals surface area (Å²) in [4.78, 5) is 0. The minimum atomic E-state index is -0.883. The molecule has 0 bridgehead atoms. The van der Waals surface area contributed by atoms with Gasteiger partial charge < -0.3 is 9.84 Å². The van der Waals surface area contributed by atoms with E-state index in [-0.39, 0.29) is 16.7 Å². The van der Waals surface area contributed by atoms with E-state index < -0.39 is 17.7 Å². The fourth-order valence-electron chi connectivity index (χ4n) is 2.22. The first-order valence-corrected chi connectivity index (χ1v) is 5.40. The minimum Gasteiger partial charge on any atom is -0.492 e. The highest BCUT2D eigenvalue weighted by atomic mass is 19.1. The summed E-state index contributed by atoms with van der Waals surface area (Å²) in [6.45, 7) is 0.309. The number of benzene rings is 2. The zero-order chi connectivity index (χ0) is 12.0. The van der Waals surface area contributed by atoms with Crippen molar-refractivity contribution >= 4 is 10.8 Å². The second kappa shape index (κ2) is 3.67. The molecular formula is C13H10F2O2. The molecule has 0 aromatic heterocycles. The predicted molar refractivity (Wildman–Crippen MR) is 58.9 cm³/mol. The maximum Gasteiger partial charge on any atom is 0.135 e. The Morgan fingerprint density at radius 2 is 2.00 bits per heavy atom. The number of rotatable bonds is 0. The van der Waals surface area contributed by atoms with E-state index in [2.05, 4.69) is 0 Å². The molecule has 0 saturated carbocycles. The van der Waals surface area contributed by atoms with Gasteiger partial charge in [0.15, 0.2) is 0 Å². The molecule has 0 aliphatic carbocycles. The van der Waals surface area contributed by atoms with Crippen LogP contribution in [0, 0.1) is 11.6 Å². The fraction of sp³-hybridized carbons (Fsp3) is 0.231. The highest BCUT2D eigenvalue weighted by Crippen LogP contribution is 2.40. The molecule has 2 nitrogen and oxygen atoms in total. The van der Waals surface area contributed by atoms with Gasteiger partial charge in [0.1, 0.15) is 17.4 Å². The summed E-state index contributed by atoms with van der Waals surface area (Å²) in [7, 11) is 0. The lowest BCUT2D eigenvalue weighted by Gasteiger charge is -2.24. The number of halogens is 2. The van der Waals surface area contributed by atoms with Crippen molar-refractivity contribution in [2.75, 3.05) is 6.61 Å². The molecule has 1 N–H and O–H groups in total. The van der Waals surface area contributed by atoms with Gasteiger partial charge in [0.25, 0.3) is 0 Å². The molecule has 0 amide bonds. The smallest absolute Gasteiger partial charge is 0.135 e. The zero-order valence-electron chi connectivity index (χ0n) is 8.91. The minimum absolute atomic E-state index is 0.134. The summed E-state index contributed by atoms with van der Waals surface area (Å²) in [5.41, 5.74) is 0.134. The van der Waals surface area contributed by atoms with Crippen LogP contribution in [0.5, 0.6) is 5.75 Å². The summed E-state index contributed by atoms with van der Waals surface area (Å²) in [5.74, 6) is -0.851. The van der Waals surface area contributed by atoms with Gasteiger partial charge in [0, 0.05) is 17.2 Å². The monoisotopic (exact) mass is 236 g/mol. The van der Waals surface area contributed by atoms with Crippen LogP contribution >= 0.6 is 0 Å². The molecule has 2 aromatic rings. The van der Waals surface area contributed by atoms with Crippen molar-refractivity contribution in [1.29, 1.82) is 0 Å². The number of aliphatic hydroxyl groups excluding tert-OH is 1. The van der Waals surface area contributed by atoms with E-state index in [0.29, 0.717) is 18.4 Å². The van der Waals surface area contributed by atoms with Gasteiger partial charge in [-0.25, -0.2) is 8.78 Å². The molecule has 0 saturated heterocycles. The second-order valence-electron chi connectivity index (χ2n) is 4.09. The van der Waals surface area contributed by atoms with E-state index in [0.717, 1.165) is 6.07 Å². The van der Waals surface area contributed by atoms with Gasteiger partial charge >= 0.3 is 0 Å². The van der Waals surface area contributed by atoms with Crippen LogP contribution in [0.25, 0.3) is 10.8 Å². The maximum absolute atomic E-state index is 13.8. The molecular weight excluding hydrogens is 226 g/mol. The van der Waals surface area contributed by atoms with Gasteiger partial charge in [-0.2, -0.15) is 0 Å². The molecule has 3 rings (SSSR count). The number of hydrogen-bond donors (Lipinski definition) is 1. The van der Waals surface area contributed by atoms with Crippen LogP contribution in [0.1, 0.15) is 18.1 Å². The molecule has 0 fully saturated rings. The molecule has 1 heterocycles. The van der Waals surface area contributed by atoms with Crippen molar-refractivity contribution in [1.82, 2.24) is 0 Å². The Morgan fingerprint density at radius 3 is 2.82 bits per heavy atom. The molecule has 17 heavy (non-hydrogen) atoms. The quantitative estimate of drug-likeness (QED) is 0.762. The Kier molecular flexibility index (Phi) is 2.26. The van der Waals surface area contributed by atoms with Crippen molar-refractivity contribution in [2.45, 2.75) is 12.5 Å². The summed E-state index contributed by atoms with van der Waals surface area (Å²) in [6, 6.07) is 5.59. The second-order valence-corrected chi connectivity index (χ2v) is 4.09. The largest absolute Gasteiger partial charge is 0.492 e. The lowest BCUT2D eigenvalue weighted by Crippen LogP contribution is -2.15. The van der Waals surface area contributed by atoms with Crippen molar-refractivity contribution in [2.24, 2.45) is 0 Å². The zero-order valence-corrected chi connectivity index (χ0v) is 8.91. The van der Waals surface area contributed by atoms with Gasteiger partial charge in [-0.3, -0.25) is 0 Å². The highest BCUT2D eigenvalue weighted by molar-refractivity contribution is 5.90. The van der Waals surface area contributed by atoms with Crippen molar-refractivity contribution in [3.05, 3.63) is 41.5 Å². The molecule has 0 unspecified atom stereocenters. The van der Waals surface area contributed by atoms with Crippen molar-refractivity contribution in [3.8, 4) is 5.75 Å². The van der Waals surface area contributed by atoms with Crippen LogP contribution in [0.15, 0.2) is 24.3 Å². The van der Waals surface area contributed by atoms with Gasteiger partial charge in [0.2, 0.25) is 0 Å². The van der Waals surface area contributed by atoms with E-state index in [9.17, 15) is 13.9 Å². The summed E-state index contributed by atoms with van der Waals surface area (Å²) >= 11 is 0. The fourth-order valence-corrected chi connectivity index (χ4v) is 2.22. The predicted octanol–water partition coefficient (Wildman–Crippen LogP) is 2.93. The number of aliphatic hydroxyl groups is 1. The van der Waals surface area contributed by atoms with Crippen LogP contribution in [0.3, 0.4) is 0 Å². The average Bonchev–Trinajstić information content (AvgIpc) is 2.31. The lowest BCUT2D eigenvalue weighted by molar-refractivity contribution is 0.112. The van der Waals surface area contributed by atoms with Gasteiger partial charge in [-0.15, -0.1) is 0 Å². The summed E-state index contributed by atoms with van der Waals surface area (Å²) < 4.78 is 32.7. The maximum atomic E-state index is 13.8. The number of fused-ring (bicyclic) bond motifs is 3. The van der Waals surface area contributed by atoms with E-state index in [1.165, 1.54) is 6.07 Å². The average molecular weight is 236 g/mol. The lowest BCUT2D eigenvalue weighted by atomic mass is 9.97. The molecule has 0 spiro atoms. The Labute approximate surface area is 96.4 Å². The Morgan fingerprint density at radius 1 is 1.18 bits per heavy atom. The van der Waals surface area contributed by atoms with E-state index in [1.54, 1.807) is 12.1 Å². The Balaban J connectivity index is 2.42. The Hall–Kier alpha value is -1.68. The Bertz CT molecular complexity index is 595. The summed E-state index contributed by atoms with van der Waals surface area (Å²) in [5, 5.41) is 10.4. The van der Waals surface area contributed by atoms with Gasteiger partial charge in [0.05, 0.1) is 18.3 Å². The molecule has 1 aliphatic heterocycles. The molecule has 2 aromatic carbocycles. The van der Waals surface area contributed by atoms with Crippen molar-refractivity contribution < 1.29 is 18.6 Å². The first-order chi connectivity index (χ1) is 8.18. The molecule has 1 aliphatic rings. The third-order valence-electron chi connectivity index (χ3n) is 3.04. The number of ether oxygens (including phenoxy) is 1. The summed E-state index contributed by atoms with van der Waals surface area (Å²) in [6.07, 6.45) is -0.531. The third kappa shape index (κ3) is 1.48. The van der Waals surface area contributed by atoms with Crippen molar-refractivity contribution in [3.63, 3.8) is 0 Å². The van der Waals surface area contributed by atoms with Crippen LogP contribution < -0.4 is 4.74 Å². The SMILES string of the molecule is O[C@@H]1CCOc2c1c(F)cc1c(F)cccc21. The first-order valence-electron chi connectivity index (χ1n) is 5.40.